The lowest BCUT2D eigenvalue weighted by Gasteiger charge is -2.29. The van der Waals surface area contributed by atoms with E-state index in [1.807, 2.05) is 72.8 Å². The van der Waals surface area contributed by atoms with Crippen LogP contribution in [0.4, 0.5) is 0 Å². The molecule has 3 aromatic carbocycles. The van der Waals surface area contributed by atoms with Crippen LogP contribution in [0.5, 0.6) is 5.75 Å². The van der Waals surface area contributed by atoms with Gasteiger partial charge in [0, 0.05) is 18.5 Å². The number of fused-ring (bicyclic) bond motifs is 1. The number of rotatable bonds is 11. The summed E-state index contributed by atoms with van der Waals surface area (Å²) in [6, 6.07) is 25.4. The first-order valence-corrected chi connectivity index (χ1v) is 13.3. The minimum absolute atomic E-state index is 0.0246. The van der Waals surface area contributed by atoms with E-state index >= 15 is 0 Å². The maximum Gasteiger partial charge on any atom is 0.290 e. The Balaban J connectivity index is 1.45. The summed E-state index contributed by atoms with van der Waals surface area (Å²) in [4.78, 5) is 30.8. The van der Waals surface area contributed by atoms with Crippen LogP contribution in [0.3, 0.4) is 0 Å². The van der Waals surface area contributed by atoms with Crippen LogP contribution in [-0.2, 0) is 11.4 Å². The number of para-hydroxylation sites is 1. The molecule has 1 unspecified atom stereocenters. The van der Waals surface area contributed by atoms with E-state index in [-0.39, 0.29) is 11.3 Å². The number of Topliss-reactive ketones (excluding diaryl/α,β-unsaturated/α-hetero) is 1. The van der Waals surface area contributed by atoms with Gasteiger partial charge in [0.05, 0.1) is 11.6 Å². The van der Waals surface area contributed by atoms with Crippen LogP contribution in [0.1, 0.15) is 41.6 Å². The van der Waals surface area contributed by atoms with Crippen molar-refractivity contribution < 1.29 is 23.8 Å². The number of ketones is 1. The standard InChI is InChI=1S/C32H32N2O5/c1-3-33(4-2)18-19-34-29(23-14-16-25(17-15-23)38-21-22-10-6-5-7-11-22)28(31(36)32(34)37)30(35)27-20-24-12-8-9-13-26(24)39-27/h5-17,20,29,36H,3-4,18-19,21H2,1-2H3. The molecular weight excluding hydrogens is 492 g/mol. The summed E-state index contributed by atoms with van der Waals surface area (Å²) in [5.74, 6) is -0.842. The van der Waals surface area contributed by atoms with Gasteiger partial charge in [-0.2, -0.15) is 0 Å². The van der Waals surface area contributed by atoms with Crippen LogP contribution >= 0.6 is 0 Å². The second-order valence-electron chi connectivity index (χ2n) is 9.51. The molecule has 1 aliphatic heterocycles. The Bertz CT molecular complexity index is 1450. The maximum absolute atomic E-state index is 13.8. The average molecular weight is 525 g/mol. The van der Waals surface area contributed by atoms with Crippen molar-refractivity contribution in [2.24, 2.45) is 0 Å². The number of furan rings is 1. The first kappa shape index (κ1) is 26.3. The smallest absolute Gasteiger partial charge is 0.290 e. The fraction of sp³-hybridized carbons (Fsp3) is 0.250. The van der Waals surface area contributed by atoms with Crippen LogP contribution in [0.25, 0.3) is 11.0 Å². The molecule has 0 saturated heterocycles. The zero-order valence-electron chi connectivity index (χ0n) is 22.2. The Morgan fingerprint density at radius 3 is 2.36 bits per heavy atom. The summed E-state index contributed by atoms with van der Waals surface area (Å²) in [6.45, 7) is 7.20. The SMILES string of the molecule is CCN(CC)CCN1C(=O)C(O)=C(C(=O)c2cc3ccccc3o2)C1c1ccc(OCc2ccccc2)cc1. The Morgan fingerprint density at radius 1 is 0.974 bits per heavy atom. The van der Waals surface area contributed by atoms with E-state index in [1.165, 1.54) is 0 Å². The third-order valence-corrected chi connectivity index (χ3v) is 7.19. The molecule has 39 heavy (non-hydrogen) atoms. The van der Waals surface area contributed by atoms with E-state index in [0.29, 0.717) is 36.6 Å². The van der Waals surface area contributed by atoms with E-state index in [2.05, 4.69) is 18.7 Å². The molecule has 1 N–H and O–H groups in total. The van der Waals surface area contributed by atoms with Crippen molar-refractivity contribution in [1.82, 2.24) is 9.80 Å². The molecule has 0 spiro atoms. The topological polar surface area (TPSA) is 83.2 Å². The number of ether oxygens (including phenoxy) is 1. The molecular formula is C32H32N2O5. The highest BCUT2D eigenvalue weighted by Gasteiger charge is 2.44. The van der Waals surface area contributed by atoms with Crippen molar-refractivity contribution in [2.45, 2.75) is 26.5 Å². The summed E-state index contributed by atoms with van der Waals surface area (Å²) < 4.78 is 11.8. The van der Waals surface area contributed by atoms with Gasteiger partial charge in [-0.05, 0) is 48.5 Å². The molecule has 2 heterocycles. The van der Waals surface area contributed by atoms with Crippen molar-refractivity contribution >= 4 is 22.7 Å². The third kappa shape index (κ3) is 5.45. The highest BCUT2D eigenvalue weighted by atomic mass is 16.5. The van der Waals surface area contributed by atoms with Crippen molar-refractivity contribution in [3.63, 3.8) is 0 Å². The number of aliphatic hydroxyl groups is 1. The number of hydrogen-bond acceptors (Lipinski definition) is 6. The summed E-state index contributed by atoms with van der Waals surface area (Å²) in [6.07, 6.45) is 0. The van der Waals surface area contributed by atoms with E-state index in [0.717, 1.165) is 24.0 Å². The monoisotopic (exact) mass is 524 g/mol. The third-order valence-electron chi connectivity index (χ3n) is 7.19. The van der Waals surface area contributed by atoms with Gasteiger partial charge in [0.25, 0.3) is 5.91 Å². The number of likely N-dealkylation sites (N-methyl/N-ethyl adjacent to an activating group) is 1. The minimum atomic E-state index is -0.753. The molecule has 1 aromatic heterocycles. The average Bonchev–Trinajstić information content (AvgIpc) is 3.52. The molecule has 5 rings (SSSR count). The van der Waals surface area contributed by atoms with Gasteiger partial charge in [-0.25, -0.2) is 0 Å². The highest BCUT2D eigenvalue weighted by molar-refractivity contribution is 6.16. The van der Waals surface area contributed by atoms with Crippen molar-refractivity contribution in [3.8, 4) is 5.75 Å². The molecule has 0 radical (unpaired) electrons. The zero-order valence-corrected chi connectivity index (χ0v) is 22.2. The van der Waals surface area contributed by atoms with Gasteiger partial charge in [-0.3, -0.25) is 9.59 Å². The number of carbonyl (C=O) groups excluding carboxylic acids is 2. The van der Waals surface area contributed by atoms with Gasteiger partial charge in [0.1, 0.15) is 17.9 Å². The van der Waals surface area contributed by atoms with Crippen molar-refractivity contribution in [1.29, 1.82) is 0 Å². The minimum Gasteiger partial charge on any atom is -0.503 e. The Hall–Kier alpha value is -4.36. The largest absolute Gasteiger partial charge is 0.503 e. The molecule has 1 atom stereocenters. The van der Waals surface area contributed by atoms with Crippen LogP contribution < -0.4 is 4.74 Å². The molecule has 7 heteroatoms. The summed E-state index contributed by atoms with van der Waals surface area (Å²) in [5.41, 5.74) is 2.35. The maximum atomic E-state index is 13.8. The number of carbonyl (C=O) groups is 2. The lowest BCUT2D eigenvalue weighted by molar-refractivity contribution is -0.129. The fourth-order valence-corrected chi connectivity index (χ4v) is 4.97. The number of amides is 1. The summed E-state index contributed by atoms with van der Waals surface area (Å²) in [7, 11) is 0. The van der Waals surface area contributed by atoms with Crippen LogP contribution in [0.15, 0.2) is 101 Å². The van der Waals surface area contributed by atoms with Crippen molar-refractivity contribution in [2.75, 3.05) is 26.2 Å². The number of nitrogens with zero attached hydrogens (tertiary/aromatic N) is 2. The molecule has 0 bridgehead atoms. The molecule has 0 fully saturated rings. The van der Waals surface area contributed by atoms with Gasteiger partial charge < -0.3 is 24.1 Å². The van der Waals surface area contributed by atoms with Gasteiger partial charge in [-0.1, -0.05) is 74.5 Å². The quantitative estimate of drug-likeness (QED) is 0.245. The van der Waals surface area contributed by atoms with Crippen LogP contribution in [0.2, 0.25) is 0 Å². The van der Waals surface area contributed by atoms with Gasteiger partial charge >= 0.3 is 0 Å². The molecule has 0 aliphatic carbocycles. The fourth-order valence-electron chi connectivity index (χ4n) is 4.97. The molecule has 0 saturated carbocycles. The summed E-state index contributed by atoms with van der Waals surface area (Å²) >= 11 is 0. The van der Waals surface area contributed by atoms with Gasteiger partial charge in [0.15, 0.2) is 11.5 Å². The van der Waals surface area contributed by atoms with Crippen LogP contribution in [0, 0.1) is 0 Å². The Labute approximate surface area is 227 Å². The molecule has 7 nitrogen and oxygen atoms in total. The van der Waals surface area contributed by atoms with E-state index in [4.69, 9.17) is 9.15 Å². The number of benzene rings is 3. The number of hydrogen-bond donors (Lipinski definition) is 1. The molecule has 1 amide bonds. The second-order valence-corrected chi connectivity index (χ2v) is 9.51. The molecule has 1 aliphatic rings. The number of aliphatic hydroxyl groups excluding tert-OH is 1. The molecule has 200 valence electrons. The molecule has 4 aromatic rings. The normalized spacial score (nSPS) is 15.5. The Morgan fingerprint density at radius 2 is 1.67 bits per heavy atom. The Kier molecular flexibility index (Phi) is 7.79. The van der Waals surface area contributed by atoms with E-state index < -0.39 is 23.5 Å². The van der Waals surface area contributed by atoms with Crippen LogP contribution in [-0.4, -0.2) is 52.8 Å². The second kappa shape index (κ2) is 11.6. The van der Waals surface area contributed by atoms with E-state index in [1.54, 1.807) is 17.0 Å². The predicted octanol–water partition coefficient (Wildman–Crippen LogP) is 5.93. The van der Waals surface area contributed by atoms with Gasteiger partial charge in [0.2, 0.25) is 5.78 Å². The summed E-state index contributed by atoms with van der Waals surface area (Å²) in [5, 5.41) is 11.8. The van der Waals surface area contributed by atoms with Gasteiger partial charge in [-0.15, -0.1) is 0 Å². The van der Waals surface area contributed by atoms with E-state index in [9.17, 15) is 14.7 Å². The first-order chi connectivity index (χ1) is 19.0. The first-order valence-electron chi connectivity index (χ1n) is 13.3. The lowest BCUT2D eigenvalue weighted by atomic mass is 9.95. The highest BCUT2D eigenvalue weighted by Crippen LogP contribution is 2.40. The predicted molar refractivity (Wildman–Crippen MR) is 150 cm³/mol. The lowest BCUT2D eigenvalue weighted by Crippen LogP contribution is -2.38. The zero-order chi connectivity index (χ0) is 27.4. The van der Waals surface area contributed by atoms with Crippen molar-refractivity contribution in [3.05, 3.63) is 113 Å².